The maximum absolute atomic E-state index is 13.3. The van der Waals surface area contributed by atoms with Crippen LogP contribution < -0.4 is 16.4 Å². The standard InChI is InChI=1S/C24H20FN3O4/c1-15(28-20-10-2-3-11-21(20)32-24(28)31)22(29)26-14-16-6-4-9-19(12-16)27-23(30)17-7-5-8-18(25)13-17/h2-13,15H,14H2,1H3,(H,26,29)(H,27,30). The molecule has 2 N–H and O–H groups in total. The van der Waals surface area contributed by atoms with Crippen LogP contribution in [0.3, 0.4) is 0 Å². The molecule has 0 spiro atoms. The molecule has 7 nitrogen and oxygen atoms in total. The first kappa shape index (κ1) is 21.0. The van der Waals surface area contributed by atoms with E-state index in [1.165, 1.54) is 22.8 Å². The normalized spacial score (nSPS) is 11.8. The van der Waals surface area contributed by atoms with Crippen molar-refractivity contribution in [1.82, 2.24) is 9.88 Å². The molecule has 1 aromatic heterocycles. The number of nitrogens with zero attached hydrogens (tertiary/aromatic N) is 1. The molecule has 0 saturated carbocycles. The Labute approximate surface area is 182 Å². The molecule has 0 radical (unpaired) electrons. The van der Waals surface area contributed by atoms with E-state index < -0.39 is 23.5 Å². The maximum Gasteiger partial charge on any atom is 0.420 e. The molecule has 0 aliphatic heterocycles. The largest absolute Gasteiger partial charge is 0.420 e. The number of carbonyl (C=O) groups is 2. The Morgan fingerprint density at radius 3 is 2.62 bits per heavy atom. The summed E-state index contributed by atoms with van der Waals surface area (Å²) in [6.07, 6.45) is 0. The van der Waals surface area contributed by atoms with E-state index in [4.69, 9.17) is 4.42 Å². The summed E-state index contributed by atoms with van der Waals surface area (Å²) in [5, 5.41) is 5.51. The van der Waals surface area contributed by atoms with Gasteiger partial charge in [0.1, 0.15) is 11.9 Å². The summed E-state index contributed by atoms with van der Waals surface area (Å²) in [5.74, 6) is -1.89. The van der Waals surface area contributed by atoms with Gasteiger partial charge in [-0.1, -0.05) is 30.3 Å². The number of halogens is 1. The van der Waals surface area contributed by atoms with Crippen LogP contribution in [-0.4, -0.2) is 16.4 Å². The van der Waals surface area contributed by atoms with Crippen molar-refractivity contribution in [2.24, 2.45) is 0 Å². The van der Waals surface area contributed by atoms with Crippen molar-refractivity contribution in [3.05, 3.63) is 100 Å². The fourth-order valence-corrected chi connectivity index (χ4v) is 3.40. The van der Waals surface area contributed by atoms with Crippen LogP contribution in [0, 0.1) is 5.82 Å². The van der Waals surface area contributed by atoms with Crippen molar-refractivity contribution in [3.63, 3.8) is 0 Å². The number of nitrogens with one attached hydrogen (secondary N) is 2. The number of carbonyl (C=O) groups excluding carboxylic acids is 2. The second-order valence-electron chi connectivity index (χ2n) is 7.26. The van der Waals surface area contributed by atoms with Gasteiger partial charge in [-0.25, -0.2) is 9.18 Å². The number of benzene rings is 3. The lowest BCUT2D eigenvalue weighted by Crippen LogP contribution is -2.34. The Morgan fingerprint density at radius 1 is 1.03 bits per heavy atom. The van der Waals surface area contributed by atoms with Gasteiger partial charge < -0.3 is 15.1 Å². The van der Waals surface area contributed by atoms with Crippen molar-refractivity contribution in [3.8, 4) is 0 Å². The van der Waals surface area contributed by atoms with Gasteiger partial charge >= 0.3 is 5.76 Å². The Hall–Kier alpha value is -4.20. The average molecular weight is 433 g/mol. The predicted octanol–water partition coefficient (Wildman–Crippen LogP) is 3.86. The lowest BCUT2D eigenvalue weighted by Gasteiger charge is -2.14. The van der Waals surface area contributed by atoms with Crippen LogP contribution in [0.15, 0.2) is 82.0 Å². The highest BCUT2D eigenvalue weighted by molar-refractivity contribution is 6.04. The third kappa shape index (κ3) is 4.44. The van der Waals surface area contributed by atoms with Gasteiger partial charge in [-0.2, -0.15) is 0 Å². The van der Waals surface area contributed by atoms with Gasteiger partial charge in [0, 0.05) is 17.8 Å². The third-order valence-corrected chi connectivity index (χ3v) is 5.02. The summed E-state index contributed by atoms with van der Waals surface area (Å²) >= 11 is 0. The van der Waals surface area contributed by atoms with Crippen molar-refractivity contribution in [2.75, 3.05) is 5.32 Å². The van der Waals surface area contributed by atoms with Gasteiger partial charge in [-0.05, 0) is 55.0 Å². The molecule has 8 heteroatoms. The minimum Gasteiger partial charge on any atom is -0.408 e. The number of anilines is 1. The van der Waals surface area contributed by atoms with Gasteiger partial charge in [-0.3, -0.25) is 14.2 Å². The monoisotopic (exact) mass is 433 g/mol. The molecule has 0 fully saturated rings. The smallest absolute Gasteiger partial charge is 0.408 e. The number of aromatic nitrogens is 1. The molecule has 32 heavy (non-hydrogen) atoms. The average Bonchev–Trinajstić information content (AvgIpc) is 3.12. The SMILES string of the molecule is CC(C(=O)NCc1cccc(NC(=O)c2cccc(F)c2)c1)n1c(=O)oc2ccccc21. The van der Waals surface area contributed by atoms with Crippen LogP contribution in [-0.2, 0) is 11.3 Å². The molecule has 4 aromatic rings. The van der Waals surface area contributed by atoms with E-state index in [9.17, 15) is 18.8 Å². The number of oxazole rings is 1. The van der Waals surface area contributed by atoms with E-state index in [1.54, 1.807) is 55.5 Å². The zero-order chi connectivity index (χ0) is 22.7. The maximum atomic E-state index is 13.3. The first-order valence-corrected chi connectivity index (χ1v) is 9.96. The van der Waals surface area contributed by atoms with E-state index in [2.05, 4.69) is 10.6 Å². The number of amides is 2. The summed E-state index contributed by atoms with van der Waals surface area (Å²) in [4.78, 5) is 37.2. The van der Waals surface area contributed by atoms with Crippen LogP contribution in [0.5, 0.6) is 0 Å². The molecule has 1 unspecified atom stereocenters. The van der Waals surface area contributed by atoms with Crippen molar-refractivity contribution in [2.45, 2.75) is 19.5 Å². The van der Waals surface area contributed by atoms with Crippen molar-refractivity contribution >= 4 is 28.6 Å². The molecular weight excluding hydrogens is 413 g/mol. The molecule has 3 aromatic carbocycles. The first-order valence-electron chi connectivity index (χ1n) is 9.96. The van der Waals surface area contributed by atoms with Crippen LogP contribution in [0.1, 0.15) is 28.9 Å². The molecule has 0 aliphatic rings. The van der Waals surface area contributed by atoms with E-state index in [0.717, 1.165) is 11.6 Å². The van der Waals surface area contributed by atoms with Crippen molar-refractivity contribution in [1.29, 1.82) is 0 Å². The fourth-order valence-electron chi connectivity index (χ4n) is 3.40. The molecule has 4 rings (SSSR count). The Balaban J connectivity index is 1.42. The highest BCUT2D eigenvalue weighted by Gasteiger charge is 2.21. The van der Waals surface area contributed by atoms with E-state index in [0.29, 0.717) is 16.8 Å². The van der Waals surface area contributed by atoms with Gasteiger partial charge in [0.05, 0.1) is 5.52 Å². The highest BCUT2D eigenvalue weighted by Crippen LogP contribution is 2.17. The van der Waals surface area contributed by atoms with E-state index in [-0.39, 0.29) is 18.0 Å². The highest BCUT2D eigenvalue weighted by atomic mass is 19.1. The summed E-state index contributed by atoms with van der Waals surface area (Å²) in [7, 11) is 0. The van der Waals surface area contributed by atoms with Gasteiger partial charge in [-0.15, -0.1) is 0 Å². The third-order valence-electron chi connectivity index (χ3n) is 5.02. The van der Waals surface area contributed by atoms with Crippen LogP contribution in [0.2, 0.25) is 0 Å². The Kier molecular flexibility index (Phi) is 5.85. The lowest BCUT2D eigenvalue weighted by atomic mass is 10.1. The summed E-state index contributed by atoms with van der Waals surface area (Å²) in [5.41, 5.74) is 2.42. The quantitative estimate of drug-likeness (QED) is 0.483. The summed E-state index contributed by atoms with van der Waals surface area (Å²) in [6, 6.07) is 18.5. The minimum atomic E-state index is -0.776. The molecule has 2 amide bonds. The van der Waals surface area contributed by atoms with Crippen LogP contribution in [0.25, 0.3) is 11.1 Å². The molecular formula is C24H20FN3O4. The number of hydrogen-bond acceptors (Lipinski definition) is 4. The van der Waals surface area contributed by atoms with Gasteiger partial charge in [0.25, 0.3) is 5.91 Å². The number of hydrogen-bond donors (Lipinski definition) is 2. The lowest BCUT2D eigenvalue weighted by molar-refractivity contribution is -0.124. The Morgan fingerprint density at radius 2 is 1.81 bits per heavy atom. The topological polar surface area (TPSA) is 93.3 Å². The molecule has 0 bridgehead atoms. The first-order chi connectivity index (χ1) is 15.4. The fraction of sp³-hybridized carbons (Fsp3) is 0.125. The molecule has 1 atom stereocenters. The summed E-state index contributed by atoms with van der Waals surface area (Å²) in [6.45, 7) is 1.81. The number of para-hydroxylation sites is 2. The molecule has 1 heterocycles. The van der Waals surface area contributed by atoms with Crippen molar-refractivity contribution < 1.29 is 18.4 Å². The van der Waals surface area contributed by atoms with E-state index in [1.807, 2.05) is 0 Å². The van der Waals surface area contributed by atoms with Gasteiger partial charge in [0.15, 0.2) is 5.58 Å². The van der Waals surface area contributed by atoms with Crippen LogP contribution >= 0.6 is 0 Å². The zero-order valence-electron chi connectivity index (χ0n) is 17.2. The summed E-state index contributed by atoms with van der Waals surface area (Å²) < 4.78 is 19.8. The molecule has 162 valence electrons. The number of fused-ring (bicyclic) bond motifs is 1. The predicted molar refractivity (Wildman–Crippen MR) is 118 cm³/mol. The van der Waals surface area contributed by atoms with E-state index >= 15 is 0 Å². The molecule has 0 saturated heterocycles. The Bertz CT molecular complexity index is 1360. The second-order valence-corrected chi connectivity index (χ2v) is 7.26. The van der Waals surface area contributed by atoms with Gasteiger partial charge in [0.2, 0.25) is 5.91 Å². The second kappa shape index (κ2) is 8.89. The van der Waals surface area contributed by atoms with Crippen LogP contribution in [0.4, 0.5) is 10.1 Å². The number of rotatable bonds is 6. The zero-order valence-corrected chi connectivity index (χ0v) is 17.2. The molecule has 0 aliphatic carbocycles. The minimum absolute atomic E-state index is 0.192.